The van der Waals surface area contributed by atoms with Crippen molar-refractivity contribution >= 4 is 17.6 Å². The van der Waals surface area contributed by atoms with Crippen molar-refractivity contribution in [3.8, 4) is 0 Å². The Labute approximate surface area is 115 Å². The molecule has 0 radical (unpaired) electrons. The monoisotopic (exact) mass is 280 g/mol. The van der Waals surface area contributed by atoms with Crippen molar-refractivity contribution in [3.63, 3.8) is 0 Å². The fourth-order valence-electron chi connectivity index (χ4n) is 1.73. The SMILES string of the molecule is CCCC(NC(=O)c1ccc(C)c([N+](=O)[O-])c1)C(=O)O. The zero-order chi connectivity index (χ0) is 15.3. The molecule has 1 amide bonds. The minimum Gasteiger partial charge on any atom is -0.480 e. The Kier molecular flexibility index (Phi) is 5.19. The number of hydrogen-bond acceptors (Lipinski definition) is 4. The van der Waals surface area contributed by atoms with E-state index in [-0.39, 0.29) is 11.3 Å². The van der Waals surface area contributed by atoms with Crippen LogP contribution in [0.2, 0.25) is 0 Å². The maximum atomic E-state index is 11.9. The molecule has 0 bridgehead atoms. The average Bonchev–Trinajstić information content (AvgIpc) is 2.38. The minimum atomic E-state index is -1.12. The molecule has 0 fully saturated rings. The molecule has 20 heavy (non-hydrogen) atoms. The van der Waals surface area contributed by atoms with Crippen molar-refractivity contribution in [1.29, 1.82) is 0 Å². The van der Waals surface area contributed by atoms with E-state index in [9.17, 15) is 19.7 Å². The van der Waals surface area contributed by atoms with Crippen LogP contribution in [0.15, 0.2) is 18.2 Å². The number of carboxylic acid groups (broad SMARTS) is 1. The Morgan fingerprint density at radius 2 is 2.10 bits per heavy atom. The second kappa shape index (κ2) is 6.65. The van der Waals surface area contributed by atoms with Gasteiger partial charge in [-0.05, 0) is 19.4 Å². The maximum Gasteiger partial charge on any atom is 0.326 e. The second-order valence-electron chi connectivity index (χ2n) is 4.41. The van der Waals surface area contributed by atoms with Gasteiger partial charge in [0.2, 0.25) is 0 Å². The van der Waals surface area contributed by atoms with Gasteiger partial charge in [0.25, 0.3) is 11.6 Å². The number of amides is 1. The number of benzene rings is 1. The van der Waals surface area contributed by atoms with Crippen LogP contribution in [0, 0.1) is 17.0 Å². The molecule has 0 aliphatic rings. The maximum absolute atomic E-state index is 11.9. The molecule has 1 rings (SSSR count). The van der Waals surface area contributed by atoms with Gasteiger partial charge < -0.3 is 10.4 Å². The summed E-state index contributed by atoms with van der Waals surface area (Å²) in [6.45, 7) is 3.37. The van der Waals surface area contributed by atoms with Gasteiger partial charge in [-0.2, -0.15) is 0 Å². The Morgan fingerprint density at radius 1 is 1.45 bits per heavy atom. The van der Waals surface area contributed by atoms with E-state index in [2.05, 4.69) is 5.32 Å². The van der Waals surface area contributed by atoms with Crippen LogP contribution in [0.5, 0.6) is 0 Å². The van der Waals surface area contributed by atoms with Crippen molar-refractivity contribution < 1.29 is 19.6 Å². The van der Waals surface area contributed by atoms with Crippen molar-refractivity contribution in [2.45, 2.75) is 32.7 Å². The zero-order valence-corrected chi connectivity index (χ0v) is 11.3. The quantitative estimate of drug-likeness (QED) is 0.610. The van der Waals surface area contributed by atoms with Crippen LogP contribution >= 0.6 is 0 Å². The van der Waals surface area contributed by atoms with E-state index in [1.807, 2.05) is 0 Å². The summed E-state index contributed by atoms with van der Waals surface area (Å²) in [5, 5.41) is 22.1. The molecule has 0 aromatic heterocycles. The predicted octanol–water partition coefficient (Wildman–Crippen LogP) is 1.89. The average molecular weight is 280 g/mol. The lowest BCUT2D eigenvalue weighted by atomic mass is 10.1. The number of rotatable bonds is 6. The first-order chi connectivity index (χ1) is 9.36. The van der Waals surface area contributed by atoms with E-state index in [0.717, 1.165) is 6.07 Å². The summed E-state index contributed by atoms with van der Waals surface area (Å²) in [6.07, 6.45) is 0.903. The summed E-state index contributed by atoms with van der Waals surface area (Å²) in [4.78, 5) is 33.1. The first-order valence-electron chi connectivity index (χ1n) is 6.15. The van der Waals surface area contributed by atoms with Crippen LogP contribution in [0.25, 0.3) is 0 Å². The van der Waals surface area contributed by atoms with E-state index < -0.39 is 22.8 Å². The number of aryl methyl sites for hydroxylation is 1. The highest BCUT2D eigenvalue weighted by Crippen LogP contribution is 2.19. The summed E-state index contributed by atoms with van der Waals surface area (Å²) in [5.41, 5.74) is 0.347. The molecular formula is C13H16N2O5. The fourth-order valence-corrected chi connectivity index (χ4v) is 1.73. The number of carbonyl (C=O) groups is 2. The number of carbonyl (C=O) groups excluding carboxylic acids is 1. The van der Waals surface area contributed by atoms with Crippen LogP contribution in [0.3, 0.4) is 0 Å². The Morgan fingerprint density at radius 3 is 2.60 bits per heavy atom. The number of nitro benzene ring substituents is 1. The summed E-state index contributed by atoms with van der Waals surface area (Å²) >= 11 is 0. The first kappa shape index (κ1) is 15.6. The minimum absolute atomic E-state index is 0.0738. The molecule has 7 nitrogen and oxygen atoms in total. The van der Waals surface area contributed by atoms with E-state index in [1.165, 1.54) is 12.1 Å². The number of nitro groups is 1. The van der Waals surface area contributed by atoms with Gasteiger partial charge in [0.15, 0.2) is 0 Å². The third-order valence-corrected chi connectivity index (χ3v) is 2.85. The third-order valence-electron chi connectivity index (χ3n) is 2.85. The molecule has 0 heterocycles. The highest BCUT2D eigenvalue weighted by molar-refractivity contribution is 5.97. The van der Waals surface area contributed by atoms with Crippen molar-refractivity contribution in [3.05, 3.63) is 39.4 Å². The van der Waals surface area contributed by atoms with Crippen molar-refractivity contribution in [1.82, 2.24) is 5.32 Å². The molecule has 0 aliphatic carbocycles. The van der Waals surface area contributed by atoms with Crippen molar-refractivity contribution in [2.24, 2.45) is 0 Å². The molecule has 0 saturated heterocycles. The van der Waals surface area contributed by atoms with Gasteiger partial charge in [0.1, 0.15) is 6.04 Å². The largest absolute Gasteiger partial charge is 0.480 e. The number of nitrogens with one attached hydrogen (secondary N) is 1. The third kappa shape index (κ3) is 3.78. The summed E-state index contributed by atoms with van der Waals surface area (Å²) in [7, 11) is 0. The topological polar surface area (TPSA) is 110 Å². The first-order valence-corrected chi connectivity index (χ1v) is 6.15. The van der Waals surface area contributed by atoms with E-state index in [0.29, 0.717) is 18.4 Å². The second-order valence-corrected chi connectivity index (χ2v) is 4.41. The summed E-state index contributed by atoms with van der Waals surface area (Å²) in [6, 6.07) is 3.05. The zero-order valence-electron chi connectivity index (χ0n) is 11.3. The predicted molar refractivity (Wildman–Crippen MR) is 71.6 cm³/mol. The molecule has 0 spiro atoms. The molecule has 1 aromatic rings. The summed E-state index contributed by atoms with van der Waals surface area (Å²) in [5.74, 6) is -1.75. The van der Waals surface area contributed by atoms with Crippen LogP contribution in [0.1, 0.15) is 35.7 Å². The molecular weight excluding hydrogens is 264 g/mol. The Bertz CT molecular complexity index is 542. The van der Waals surface area contributed by atoms with E-state index >= 15 is 0 Å². The van der Waals surface area contributed by atoms with Gasteiger partial charge in [0, 0.05) is 17.2 Å². The van der Waals surface area contributed by atoms with Gasteiger partial charge in [-0.15, -0.1) is 0 Å². The molecule has 108 valence electrons. The van der Waals surface area contributed by atoms with Gasteiger partial charge >= 0.3 is 5.97 Å². The van der Waals surface area contributed by atoms with Gasteiger partial charge in [0.05, 0.1) is 4.92 Å². The van der Waals surface area contributed by atoms with Crippen LogP contribution in [0.4, 0.5) is 5.69 Å². The van der Waals surface area contributed by atoms with Gasteiger partial charge in [-0.3, -0.25) is 14.9 Å². The molecule has 0 aliphatic heterocycles. The van der Waals surface area contributed by atoms with Crippen LogP contribution in [-0.4, -0.2) is 27.9 Å². The number of carboxylic acids is 1. The Balaban J connectivity index is 2.95. The van der Waals surface area contributed by atoms with E-state index in [1.54, 1.807) is 13.8 Å². The van der Waals surface area contributed by atoms with Crippen LogP contribution < -0.4 is 5.32 Å². The highest BCUT2D eigenvalue weighted by atomic mass is 16.6. The smallest absolute Gasteiger partial charge is 0.326 e. The van der Waals surface area contributed by atoms with E-state index in [4.69, 9.17) is 5.11 Å². The molecule has 0 saturated carbocycles. The van der Waals surface area contributed by atoms with Gasteiger partial charge in [-0.1, -0.05) is 19.4 Å². The molecule has 1 aromatic carbocycles. The van der Waals surface area contributed by atoms with Gasteiger partial charge in [-0.25, -0.2) is 4.79 Å². The molecule has 2 N–H and O–H groups in total. The Hall–Kier alpha value is -2.44. The fraction of sp³-hybridized carbons (Fsp3) is 0.385. The number of nitrogens with zero attached hydrogens (tertiary/aromatic N) is 1. The lowest BCUT2D eigenvalue weighted by molar-refractivity contribution is -0.385. The highest BCUT2D eigenvalue weighted by Gasteiger charge is 2.21. The lowest BCUT2D eigenvalue weighted by Gasteiger charge is -2.13. The normalized spacial score (nSPS) is 11.7. The number of hydrogen-bond donors (Lipinski definition) is 2. The number of aliphatic carboxylic acids is 1. The molecule has 1 unspecified atom stereocenters. The molecule has 7 heteroatoms. The lowest BCUT2D eigenvalue weighted by Crippen LogP contribution is -2.40. The summed E-state index contributed by atoms with van der Waals surface area (Å²) < 4.78 is 0. The molecule has 1 atom stereocenters. The van der Waals surface area contributed by atoms with Crippen LogP contribution in [-0.2, 0) is 4.79 Å². The van der Waals surface area contributed by atoms with Crippen molar-refractivity contribution in [2.75, 3.05) is 0 Å². The standard InChI is InChI=1S/C13H16N2O5/c1-3-4-10(13(17)18)14-12(16)9-6-5-8(2)11(7-9)15(19)20/h5-7,10H,3-4H2,1-2H3,(H,14,16)(H,17,18).